The van der Waals surface area contributed by atoms with Crippen LogP contribution < -0.4 is 10.6 Å². The molecule has 5 heteroatoms. The molecule has 4 bridgehead atoms. The van der Waals surface area contributed by atoms with Gasteiger partial charge in [0.15, 0.2) is 0 Å². The molecule has 138 valence electrons. The standard InChI is InChI=1S/C10H16.C6H12N2O2.C2H6.CH4.Cd/c1-7-2-9-4-8(1)5-10(3-7)6-9;1-5(9)7-3-4-8-6(2)10;1-2;;/h7-10H,1-6H2;3-4H2,1-2H3,(H,7,9)(H,8,10);1-2H3;1H4;. The van der Waals surface area contributed by atoms with E-state index in [1.807, 2.05) is 13.8 Å². The van der Waals surface area contributed by atoms with Crippen molar-refractivity contribution in [3.8, 4) is 0 Å². The van der Waals surface area contributed by atoms with Crippen LogP contribution >= 0.6 is 0 Å². The van der Waals surface area contributed by atoms with Crippen LogP contribution in [0.1, 0.15) is 73.6 Å². The summed E-state index contributed by atoms with van der Waals surface area (Å²) in [5.74, 6) is 4.55. The van der Waals surface area contributed by atoms with E-state index < -0.39 is 0 Å². The van der Waals surface area contributed by atoms with E-state index in [2.05, 4.69) is 10.6 Å². The number of carbonyl (C=O) groups excluding carboxylic acids is 2. The molecule has 4 fully saturated rings. The molecular weight excluding hydrogens is 401 g/mol. The van der Waals surface area contributed by atoms with Gasteiger partial charge in [-0.25, -0.2) is 0 Å². The number of hydrogen-bond donors (Lipinski definition) is 2. The first-order chi connectivity index (χ1) is 10.5. The quantitative estimate of drug-likeness (QED) is 0.520. The van der Waals surface area contributed by atoms with Crippen LogP contribution in [0.25, 0.3) is 0 Å². The molecule has 0 saturated heterocycles. The third kappa shape index (κ3) is 9.99. The molecule has 0 aliphatic heterocycles. The Hall–Kier alpha value is -0.138. The van der Waals surface area contributed by atoms with Crippen molar-refractivity contribution >= 4 is 11.8 Å². The van der Waals surface area contributed by atoms with Gasteiger partial charge in [-0.3, -0.25) is 9.59 Å². The zero-order valence-corrected chi connectivity index (χ0v) is 19.5. The van der Waals surface area contributed by atoms with Crippen molar-refractivity contribution in [2.45, 2.75) is 73.6 Å². The zero-order chi connectivity index (χ0) is 16.5. The SMILES string of the molecule is C.C1C2CC3CC1CC(C2)C3.CC.CC(=O)NCCNC(C)=O.[Cd]. The maximum Gasteiger partial charge on any atom is 0.216 e. The van der Waals surface area contributed by atoms with Crippen molar-refractivity contribution in [1.29, 1.82) is 0 Å². The summed E-state index contributed by atoms with van der Waals surface area (Å²) in [6, 6.07) is 0. The molecule has 0 heterocycles. The van der Waals surface area contributed by atoms with E-state index in [0.29, 0.717) is 13.1 Å². The van der Waals surface area contributed by atoms with Crippen LogP contribution in [0.2, 0.25) is 0 Å². The number of amides is 2. The van der Waals surface area contributed by atoms with Gasteiger partial charge in [-0.2, -0.15) is 0 Å². The maximum atomic E-state index is 10.3. The van der Waals surface area contributed by atoms with E-state index in [-0.39, 0.29) is 46.5 Å². The molecule has 4 aliphatic rings. The second kappa shape index (κ2) is 14.1. The van der Waals surface area contributed by atoms with E-state index >= 15 is 0 Å². The van der Waals surface area contributed by atoms with Gasteiger partial charge in [0.1, 0.15) is 0 Å². The molecule has 0 atom stereocenters. The Morgan fingerprint density at radius 1 is 0.708 bits per heavy atom. The minimum atomic E-state index is -0.0784. The molecule has 4 nitrogen and oxygen atoms in total. The predicted molar refractivity (Wildman–Crippen MR) is 97.1 cm³/mol. The monoisotopic (exact) mass is 440 g/mol. The van der Waals surface area contributed by atoms with E-state index in [4.69, 9.17) is 0 Å². The molecular formula is C19H38CdN2O2. The summed E-state index contributed by atoms with van der Waals surface area (Å²) in [4.78, 5) is 20.5. The summed E-state index contributed by atoms with van der Waals surface area (Å²) in [6.07, 6.45) is 9.62. The normalized spacial score (nSPS) is 27.8. The molecule has 2 N–H and O–H groups in total. The molecule has 24 heavy (non-hydrogen) atoms. The van der Waals surface area contributed by atoms with Crippen molar-refractivity contribution in [2.24, 2.45) is 23.7 Å². The average Bonchev–Trinajstić information content (AvgIpc) is 2.45. The smallest absolute Gasteiger partial charge is 0.216 e. The summed E-state index contributed by atoms with van der Waals surface area (Å²) >= 11 is 0. The van der Waals surface area contributed by atoms with Crippen LogP contribution in [-0.2, 0) is 36.9 Å². The van der Waals surface area contributed by atoms with Crippen molar-refractivity contribution < 1.29 is 36.9 Å². The van der Waals surface area contributed by atoms with Crippen LogP contribution in [0, 0.1) is 23.7 Å². The largest absolute Gasteiger partial charge is 0.355 e. The van der Waals surface area contributed by atoms with Gasteiger partial charge in [0.25, 0.3) is 0 Å². The van der Waals surface area contributed by atoms with Gasteiger partial charge in [0.05, 0.1) is 0 Å². The van der Waals surface area contributed by atoms with Crippen molar-refractivity contribution in [2.75, 3.05) is 13.1 Å². The van der Waals surface area contributed by atoms with Crippen molar-refractivity contribution in [3.63, 3.8) is 0 Å². The Labute approximate surface area is 169 Å². The Morgan fingerprint density at radius 2 is 0.917 bits per heavy atom. The summed E-state index contributed by atoms with van der Waals surface area (Å²) in [6.45, 7) is 7.87. The summed E-state index contributed by atoms with van der Waals surface area (Å²) < 4.78 is 0. The molecule has 0 spiro atoms. The van der Waals surface area contributed by atoms with Crippen molar-refractivity contribution in [3.05, 3.63) is 0 Å². The van der Waals surface area contributed by atoms with Gasteiger partial charge < -0.3 is 10.6 Å². The topological polar surface area (TPSA) is 58.2 Å². The first-order valence-electron chi connectivity index (χ1n) is 9.01. The van der Waals surface area contributed by atoms with Crippen LogP contribution in [-0.4, -0.2) is 24.9 Å². The minimum Gasteiger partial charge on any atom is -0.355 e. The van der Waals surface area contributed by atoms with Gasteiger partial charge in [-0.1, -0.05) is 21.3 Å². The molecule has 0 aromatic rings. The minimum absolute atomic E-state index is 0. The van der Waals surface area contributed by atoms with Crippen LogP contribution in [0.15, 0.2) is 0 Å². The second-order valence-electron chi connectivity index (χ2n) is 6.84. The van der Waals surface area contributed by atoms with E-state index in [1.54, 1.807) is 38.5 Å². The Kier molecular flexibility index (Phi) is 15.3. The van der Waals surface area contributed by atoms with Gasteiger partial charge in [-0.05, 0) is 62.2 Å². The first-order valence-corrected chi connectivity index (χ1v) is 9.01. The molecule has 2 amide bonds. The van der Waals surface area contributed by atoms with E-state index in [0.717, 1.165) is 0 Å². The number of carbonyl (C=O) groups is 2. The summed E-state index contributed by atoms with van der Waals surface area (Å²) in [5.41, 5.74) is 0. The summed E-state index contributed by atoms with van der Waals surface area (Å²) in [5, 5.41) is 5.09. The Balaban J connectivity index is 0. The number of nitrogens with one attached hydrogen (secondary N) is 2. The third-order valence-electron chi connectivity index (χ3n) is 4.87. The van der Waals surface area contributed by atoms with Gasteiger partial charge in [0, 0.05) is 54.2 Å². The number of hydrogen-bond acceptors (Lipinski definition) is 2. The first kappa shape index (κ1) is 26.1. The molecule has 0 unspecified atom stereocenters. The summed E-state index contributed by atoms with van der Waals surface area (Å²) in [7, 11) is 0. The van der Waals surface area contributed by atoms with Crippen molar-refractivity contribution in [1.82, 2.24) is 10.6 Å². The fourth-order valence-electron chi connectivity index (χ4n) is 4.46. The Morgan fingerprint density at radius 3 is 1.08 bits per heavy atom. The van der Waals surface area contributed by atoms with Gasteiger partial charge in [0.2, 0.25) is 11.8 Å². The fraction of sp³-hybridized carbons (Fsp3) is 0.895. The molecule has 0 aromatic heterocycles. The average molecular weight is 439 g/mol. The van der Waals surface area contributed by atoms with Crippen LogP contribution in [0.4, 0.5) is 0 Å². The van der Waals surface area contributed by atoms with E-state index in [1.165, 1.54) is 37.5 Å². The predicted octanol–water partition coefficient (Wildman–Crippen LogP) is 3.75. The van der Waals surface area contributed by atoms with Gasteiger partial charge in [-0.15, -0.1) is 0 Å². The van der Waals surface area contributed by atoms with Crippen LogP contribution in [0.5, 0.6) is 0 Å². The third-order valence-corrected chi connectivity index (χ3v) is 4.87. The molecule has 4 aliphatic carbocycles. The zero-order valence-electron chi connectivity index (χ0n) is 15.5. The molecule has 4 saturated carbocycles. The van der Waals surface area contributed by atoms with Crippen LogP contribution in [0.3, 0.4) is 0 Å². The van der Waals surface area contributed by atoms with E-state index in [9.17, 15) is 9.59 Å². The second-order valence-corrected chi connectivity index (χ2v) is 6.84. The molecule has 0 radical (unpaired) electrons. The fourth-order valence-corrected chi connectivity index (χ4v) is 4.46. The molecule has 0 aromatic carbocycles. The van der Waals surface area contributed by atoms with Gasteiger partial charge >= 0.3 is 0 Å². The maximum absolute atomic E-state index is 10.3. The molecule has 4 rings (SSSR count). The Bertz CT molecular complexity index is 289. The number of rotatable bonds is 3.